The molecule has 0 N–H and O–H groups in total. The highest BCUT2D eigenvalue weighted by molar-refractivity contribution is 7.95. The number of methoxy groups -OCH3 is 3. The van der Waals surface area contributed by atoms with Crippen molar-refractivity contribution in [2.24, 2.45) is 0 Å². The molecule has 2 rings (SSSR count). The Hall–Kier alpha value is -2.40. The van der Waals surface area contributed by atoms with Gasteiger partial charge in [-0.1, -0.05) is 29.3 Å². The molecule has 0 fully saturated rings. The van der Waals surface area contributed by atoms with Crippen molar-refractivity contribution in [3.63, 3.8) is 0 Å². The van der Waals surface area contributed by atoms with E-state index in [4.69, 9.17) is 37.4 Å². The normalized spacial score (nSPS) is 11.6. The number of hydrogen-bond donors (Lipinski definition) is 0. The Balaban J connectivity index is 2.49. The van der Waals surface area contributed by atoms with Crippen molar-refractivity contribution >= 4 is 39.1 Å². The Morgan fingerprint density at radius 2 is 1.68 bits per heavy atom. The monoisotopic (exact) mass is 441 g/mol. The van der Waals surface area contributed by atoms with Crippen molar-refractivity contribution in [2.45, 2.75) is 5.75 Å². The third kappa shape index (κ3) is 4.90. The number of hydrogen-bond acceptors (Lipinski definition) is 6. The van der Waals surface area contributed by atoms with Gasteiger partial charge in [0.2, 0.25) is 5.75 Å². The van der Waals surface area contributed by atoms with E-state index in [0.717, 1.165) is 0 Å². The summed E-state index contributed by atoms with van der Waals surface area (Å²) in [4.78, 5) is -0.423. The van der Waals surface area contributed by atoms with Crippen LogP contribution in [0.1, 0.15) is 11.1 Å². The van der Waals surface area contributed by atoms with Crippen LogP contribution in [0.25, 0.3) is 6.08 Å². The van der Waals surface area contributed by atoms with Crippen molar-refractivity contribution < 1.29 is 22.6 Å². The average molecular weight is 442 g/mol. The summed E-state index contributed by atoms with van der Waals surface area (Å²) in [6.07, 6.45) is 1.24. The fraction of sp³-hybridized carbons (Fsp3) is 0.211. The van der Waals surface area contributed by atoms with Crippen LogP contribution in [0.4, 0.5) is 0 Å². The van der Waals surface area contributed by atoms with Gasteiger partial charge >= 0.3 is 0 Å². The van der Waals surface area contributed by atoms with Gasteiger partial charge in [-0.3, -0.25) is 0 Å². The second kappa shape index (κ2) is 9.20. The van der Waals surface area contributed by atoms with Crippen molar-refractivity contribution in [1.29, 1.82) is 5.26 Å². The topological polar surface area (TPSA) is 85.6 Å². The van der Waals surface area contributed by atoms with E-state index in [1.807, 2.05) is 0 Å². The SMILES string of the molecule is COc1cc(/C=C(/C#N)S(=O)(=O)Cc2ccc(Cl)cc2Cl)cc(OC)c1OC. The van der Waals surface area contributed by atoms with Gasteiger partial charge in [-0.2, -0.15) is 5.26 Å². The number of halogens is 2. The molecule has 2 aromatic rings. The van der Waals surface area contributed by atoms with E-state index in [1.165, 1.54) is 45.6 Å². The van der Waals surface area contributed by atoms with Gasteiger partial charge in [0, 0.05) is 10.0 Å². The smallest absolute Gasteiger partial charge is 0.203 e. The standard InChI is InChI=1S/C19H17Cl2NO5S/c1-25-17-7-12(8-18(26-2)19(17)27-3)6-15(10-22)28(23,24)11-13-4-5-14(20)9-16(13)21/h4-9H,11H2,1-3H3/b15-6-. The number of allylic oxidation sites excluding steroid dienone is 1. The molecule has 0 saturated carbocycles. The first kappa shape index (κ1) is 21.9. The summed E-state index contributed by atoms with van der Waals surface area (Å²) in [6.45, 7) is 0. The first-order valence-corrected chi connectivity index (χ1v) is 10.2. The molecule has 0 amide bonds. The molecule has 0 aromatic heterocycles. The average Bonchev–Trinajstić information content (AvgIpc) is 2.67. The molecule has 0 radical (unpaired) electrons. The van der Waals surface area contributed by atoms with Crippen LogP contribution in [0.5, 0.6) is 17.2 Å². The molecule has 0 spiro atoms. The largest absolute Gasteiger partial charge is 0.493 e. The Labute approximate surface area is 173 Å². The third-order valence-corrected chi connectivity index (χ3v) is 5.95. The van der Waals surface area contributed by atoms with E-state index >= 15 is 0 Å². The maximum Gasteiger partial charge on any atom is 0.203 e. The minimum atomic E-state index is -3.95. The summed E-state index contributed by atoms with van der Waals surface area (Å²) < 4.78 is 41.2. The fourth-order valence-electron chi connectivity index (χ4n) is 2.45. The molecule has 28 heavy (non-hydrogen) atoms. The van der Waals surface area contributed by atoms with Gasteiger partial charge in [0.1, 0.15) is 11.0 Å². The lowest BCUT2D eigenvalue weighted by atomic mass is 10.1. The molecule has 0 aliphatic rings. The Bertz CT molecular complexity index is 1030. The second-order valence-corrected chi connectivity index (χ2v) is 8.38. The van der Waals surface area contributed by atoms with Crippen LogP contribution in [0.3, 0.4) is 0 Å². The molecule has 0 bridgehead atoms. The zero-order valence-corrected chi connectivity index (χ0v) is 17.7. The van der Waals surface area contributed by atoms with Crippen LogP contribution in [0, 0.1) is 11.3 Å². The fourth-order valence-corrected chi connectivity index (χ4v) is 4.27. The van der Waals surface area contributed by atoms with Crippen LogP contribution in [-0.2, 0) is 15.6 Å². The number of benzene rings is 2. The van der Waals surface area contributed by atoms with Gasteiger partial charge in [0.25, 0.3) is 0 Å². The van der Waals surface area contributed by atoms with Crippen molar-refractivity contribution in [1.82, 2.24) is 0 Å². The van der Waals surface area contributed by atoms with E-state index < -0.39 is 20.5 Å². The number of ether oxygens (including phenoxy) is 3. The van der Waals surface area contributed by atoms with Gasteiger partial charge in [0.15, 0.2) is 21.3 Å². The lowest BCUT2D eigenvalue weighted by molar-refractivity contribution is 0.324. The summed E-state index contributed by atoms with van der Waals surface area (Å²) >= 11 is 11.9. The predicted octanol–water partition coefficient (Wildman–Crippen LogP) is 4.50. The Kier molecular flexibility index (Phi) is 7.19. The molecule has 148 valence electrons. The van der Waals surface area contributed by atoms with E-state index in [1.54, 1.807) is 18.2 Å². The van der Waals surface area contributed by atoms with E-state index in [9.17, 15) is 13.7 Å². The maximum atomic E-state index is 12.7. The van der Waals surface area contributed by atoms with E-state index in [2.05, 4.69) is 0 Å². The number of rotatable bonds is 7. The summed E-state index contributed by atoms with van der Waals surface area (Å²) in [5.74, 6) is 0.593. The van der Waals surface area contributed by atoms with Crippen molar-refractivity contribution in [3.8, 4) is 23.3 Å². The van der Waals surface area contributed by atoms with Gasteiger partial charge in [0.05, 0.1) is 27.1 Å². The lowest BCUT2D eigenvalue weighted by Gasteiger charge is -2.13. The summed E-state index contributed by atoms with van der Waals surface area (Å²) in [5, 5.41) is 10.0. The lowest BCUT2D eigenvalue weighted by Crippen LogP contribution is -2.07. The quantitative estimate of drug-likeness (QED) is 0.587. The molecule has 0 atom stereocenters. The Morgan fingerprint density at radius 1 is 1.07 bits per heavy atom. The van der Waals surface area contributed by atoms with E-state index in [0.29, 0.717) is 33.4 Å². The van der Waals surface area contributed by atoms with Gasteiger partial charge in [-0.25, -0.2) is 8.42 Å². The number of sulfone groups is 1. The Morgan fingerprint density at radius 3 is 2.14 bits per heavy atom. The molecular weight excluding hydrogens is 425 g/mol. The van der Waals surface area contributed by atoms with Crippen LogP contribution in [-0.4, -0.2) is 29.7 Å². The molecule has 0 heterocycles. The van der Waals surface area contributed by atoms with Crippen LogP contribution >= 0.6 is 23.2 Å². The first-order valence-electron chi connectivity index (χ1n) is 7.84. The minimum Gasteiger partial charge on any atom is -0.493 e. The van der Waals surface area contributed by atoms with Crippen LogP contribution < -0.4 is 14.2 Å². The van der Waals surface area contributed by atoms with Gasteiger partial charge < -0.3 is 14.2 Å². The summed E-state index contributed by atoms with van der Waals surface area (Å²) in [6, 6.07) is 9.32. The van der Waals surface area contributed by atoms with Crippen molar-refractivity contribution in [2.75, 3.05) is 21.3 Å². The summed E-state index contributed by atoms with van der Waals surface area (Å²) in [5.41, 5.74) is 0.744. The van der Waals surface area contributed by atoms with Crippen molar-refractivity contribution in [3.05, 3.63) is 56.4 Å². The van der Waals surface area contributed by atoms with Gasteiger partial charge in [-0.05, 0) is 41.5 Å². The molecule has 0 aliphatic heterocycles. The molecular formula is C19H17Cl2NO5S. The van der Waals surface area contributed by atoms with Gasteiger partial charge in [-0.15, -0.1) is 0 Å². The number of nitriles is 1. The minimum absolute atomic E-state index is 0.209. The zero-order chi connectivity index (χ0) is 20.9. The zero-order valence-electron chi connectivity index (χ0n) is 15.3. The molecule has 6 nitrogen and oxygen atoms in total. The summed E-state index contributed by atoms with van der Waals surface area (Å²) in [7, 11) is 0.380. The second-order valence-electron chi connectivity index (χ2n) is 5.57. The highest BCUT2D eigenvalue weighted by Gasteiger charge is 2.21. The third-order valence-electron chi connectivity index (χ3n) is 3.79. The highest BCUT2D eigenvalue weighted by Crippen LogP contribution is 2.39. The molecule has 0 saturated heterocycles. The van der Waals surface area contributed by atoms with E-state index in [-0.39, 0.29) is 5.02 Å². The predicted molar refractivity (Wildman–Crippen MR) is 109 cm³/mol. The molecule has 0 aliphatic carbocycles. The molecule has 2 aromatic carbocycles. The first-order chi connectivity index (χ1) is 13.2. The van der Waals surface area contributed by atoms with Crippen LogP contribution in [0.2, 0.25) is 10.0 Å². The maximum absolute atomic E-state index is 12.7. The molecule has 9 heteroatoms. The highest BCUT2D eigenvalue weighted by atomic mass is 35.5. The van der Waals surface area contributed by atoms with Crippen LogP contribution in [0.15, 0.2) is 35.2 Å². The number of nitrogens with zero attached hydrogens (tertiary/aromatic N) is 1. The molecule has 0 unspecified atom stereocenters.